The van der Waals surface area contributed by atoms with E-state index < -0.39 is 10.0 Å². The number of hydrogen-bond donors (Lipinski definition) is 2. The molecule has 0 aliphatic heterocycles. The molecule has 0 saturated carbocycles. The van der Waals surface area contributed by atoms with Crippen molar-refractivity contribution >= 4 is 10.0 Å². The van der Waals surface area contributed by atoms with Crippen LogP contribution in [0.25, 0.3) is 0 Å². The molecule has 0 aliphatic rings. The fourth-order valence-electron chi connectivity index (χ4n) is 1.80. The molecule has 2 N–H and O–H groups in total. The van der Waals surface area contributed by atoms with Crippen LogP contribution in [0.3, 0.4) is 0 Å². The summed E-state index contributed by atoms with van der Waals surface area (Å²) in [4.78, 5) is 0.293. The third-order valence-corrected chi connectivity index (χ3v) is 4.37. The minimum Gasteiger partial charge on any atom is -0.380 e. The molecule has 0 unspecified atom stereocenters. The molecule has 0 aromatic carbocycles. The fourth-order valence-corrected chi connectivity index (χ4v) is 2.91. The third-order valence-electron chi connectivity index (χ3n) is 2.94. The second-order valence-electron chi connectivity index (χ2n) is 5.42. The van der Waals surface area contributed by atoms with Crippen molar-refractivity contribution in [2.24, 2.45) is 13.0 Å². The molecule has 1 heterocycles. The van der Waals surface area contributed by atoms with E-state index in [9.17, 15) is 8.42 Å². The Labute approximate surface area is 127 Å². The molecular formula is C14H27N3O3S. The molecule has 0 aliphatic carbocycles. The zero-order valence-electron chi connectivity index (χ0n) is 13.3. The quantitative estimate of drug-likeness (QED) is 0.634. The van der Waals surface area contributed by atoms with Crippen LogP contribution >= 0.6 is 0 Å². The molecule has 1 rings (SSSR count). The Kier molecular flexibility index (Phi) is 7.37. The van der Waals surface area contributed by atoms with Gasteiger partial charge >= 0.3 is 0 Å². The van der Waals surface area contributed by atoms with E-state index in [1.165, 1.54) is 0 Å². The van der Waals surface area contributed by atoms with Crippen LogP contribution in [0.2, 0.25) is 0 Å². The summed E-state index contributed by atoms with van der Waals surface area (Å²) >= 11 is 0. The number of rotatable bonds is 10. The molecule has 0 atom stereocenters. The van der Waals surface area contributed by atoms with Gasteiger partial charge in [0, 0.05) is 38.6 Å². The molecule has 21 heavy (non-hydrogen) atoms. The van der Waals surface area contributed by atoms with Gasteiger partial charge in [-0.15, -0.1) is 0 Å². The van der Waals surface area contributed by atoms with E-state index in [2.05, 4.69) is 23.9 Å². The van der Waals surface area contributed by atoms with E-state index in [0.717, 1.165) is 12.2 Å². The molecule has 0 saturated heterocycles. The molecule has 0 amide bonds. The average molecular weight is 317 g/mol. The second-order valence-corrected chi connectivity index (χ2v) is 7.19. The normalized spacial score (nSPS) is 12.2. The molecule has 0 radical (unpaired) electrons. The molecule has 0 spiro atoms. The van der Waals surface area contributed by atoms with Gasteiger partial charge in [0.2, 0.25) is 10.0 Å². The molecule has 1 aromatic rings. The van der Waals surface area contributed by atoms with E-state index in [1.54, 1.807) is 12.3 Å². The van der Waals surface area contributed by atoms with Crippen LogP contribution in [-0.2, 0) is 28.4 Å². The highest BCUT2D eigenvalue weighted by Crippen LogP contribution is 2.13. The number of nitrogens with zero attached hydrogens (tertiary/aromatic N) is 1. The zero-order chi connectivity index (χ0) is 15.9. The van der Waals surface area contributed by atoms with Crippen LogP contribution in [0.15, 0.2) is 17.2 Å². The minimum absolute atomic E-state index is 0.284. The van der Waals surface area contributed by atoms with E-state index in [1.807, 2.05) is 18.5 Å². The first kappa shape index (κ1) is 18.2. The lowest BCUT2D eigenvalue weighted by molar-refractivity contribution is 0.114. The van der Waals surface area contributed by atoms with E-state index in [0.29, 0.717) is 30.6 Å². The van der Waals surface area contributed by atoms with Gasteiger partial charge in [0.25, 0.3) is 0 Å². The lowest BCUT2D eigenvalue weighted by Gasteiger charge is -2.07. The van der Waals surface area contributed by atoms with Crippen molar-refractivity contribution < 1.29 is 13.2 Å². The maximum Gasteiger partial charge on any atom is 0.242 e. The first-order chi connectivity index (χ1) is 9.86. The van der Waals surface area contributed by atoms with Crippen LogP contribution in [-0.4, -0.2) is 39.3 Å². The largest absolute Gasteiger partial charge is 0.380 e. The number of aryl methyl sites for hydroxylation is 1. The predicted octanol–water partition coefficient (Wildman–Crippen LogP) is 1.09. The molecule has 122 valence electrons. The first-order valence-corrected chi connectivity index (χ1v) is 8.78. The van der Waals surface area contributed by atoms with Gasteiger partial charge < -0.3 is 14.6 Å². The van der Waals surface area contributed by atoms with Crippen LogP contribution in [0.5, 0.6) is 0 Å². The van der Waals surface area contributed by atoms with Crippen LogP contribution in [0.4, 0.5) is 0 Å². The summed E-state index contributed by atoms with van der Waals surface area (Å²) < 4.78 is 34.1. The highest BCUT2D eigenvalue weighted by Gasteiger charge is 2.16. The van der Waals surface area contributed by atoms with Gasteiger partial charge in [-0.2, -0.15) is 0 Å². The van der Waals surface area contributed by atoms with Crippen molar-refractivity contribution in [2.75, 3.05) is 26.3 Å². The number of sulfonamides is 1. The molecular weight excluding hydrogens is 290 g/mol. The van der Waals surface area contributed by atoms with Gasteiger partial charge in [-0.3, -0.25) is 0 Å². The third kappa shape index (κ3) is 6.17. The highest BCUT2D eigenvalue weighted by atomic mass is 32.2. The summed E-state index contributed by atoms with van der Waals surface area (Å²) in [7, 11) is -1.62. The number of aromatic nitrogens is 1. The van der Waals surface area contributed by atoms with Crippen molar-refractivity contribution in [3.63, 3.8) is 0 Å². The Morgan fingerprint density at radius 2 is 2.10 bits per heavy atom. The predicted molar refractivity (Wildman–Crippen MR) is 83.6 cm³/mol. The van der Waals surface area contributed by atoms with Gasteiger partial charge in [-0.25, -0.2) is 13.1 Å². The molecule has 7 heteroatoms. The lowest BCUT2D eigenvalue weighted by Crippen LogP contribution is -2.27. The Hall–Kier alpha value is -0.890. The van der Waals surface area contributed by atoms with Gasteiger partial charge in [0.1, 0.15) is 0 Å². The van der Waals surface area contributed by atoms with E-state index in [4.69, 9.17) is 4.74 Å². The summed E-state index contributed by atoms with van der Waals surface area (Å²) in [6.45, 7) is 8.93. The van der Waals surface area contributed by atoms with Crippen LogP contribution in [0.1, 0.15) is 26.5 Å². The maximum absolute atomic E-state index is 12.2. The van der Waals surface area contributed by atoms with Crippen molar-refractivity contribution in [1.82, 2.24) is 14.6 Å². The topological polar surface area (TPSA) is 72.4 Å². The number of hydrogen-bond acceptors (Lipinski definition) is 4. The van der Waals surface area contributed by atoms with Crippen molar-refractivity contribution in [3.8, 4) is 0 Å². The Morgan fingerprint density at radius 3 is 2.71 bits per heavy atom. The van der Waals surface area contributed by atoms with Gasteiger partial charge in [0.15, 0.2) is 0 Å². The number of ether oxygens (including phenoxy) is 1. The SMILES string of the molecule is CCNCc1cc(S(=O)(=O)NCCOCC(C)C)cn1C. The summed E-state index contributed by atoms with van der Waals surface area (Å²) in [6, 6.07) is 1.69. The minimum atomic E-state index is -3.47. The monoisotopic (exact) mass is 317 g/mol. The van der Waals surface area contributed by atoms with Gasteiger partial charge in [-0.05, 0) is 18.5 Å². The summed E-state index contributed by atoms with van der Waals surface area (Å²) in [5.74, 6) is 0.448. The fraction of sp³-hybridized carbons (Fsp3) is 0.714. The summed E-state index contributed by atoms with van der Waals surface area (Å²) in [5, 5.41) is 3.18. The summed E-state index contributed by atoms with van der Waals surface area (Å²) in [5.41, 5.74) is 0.938. The summed E-state index contributed by atoms with van der Waals surface area (Å²) in [6.07, 6.45) is 1.63. The van der Waals surface area contributed by atoms with Gasteiger partial charge in [0.05, 0.1) is 11.5 Å². The van der Waals surface area contributed by atoms with Crippen LogP contribution in [0, 0.1) is 5.92 Å². The average Bonchev–Trinajstić information content (AvgIpc) is 2.77. The van der Waals surface area contributed by atoms with E-state index >= 15 is 0 Å². The molecule has 0 fully saturated rings. The van der Waals surface area contributed by atoms with Crippen molar-refractivity contribution in [3.05, 3.63) is 18.0 Å². The Balaban J connectivity index is 2.54. The maximum atomic E-state index is 12.2. The first-order valence-electron chi connectivity index (χ1n) is 7.30. The Morgan fingerprint density at radius 1 is 1.38 bits per heavy atom. The molecule has 0 bridgehead atoms. The standard InChI is InChI=1S/C14H27N3O3S/c1-5-15-9-13-8-14(10-17(13)4)21(18,19)16-6-7-20-11-12(2)3/h8,10,12,15-16H,5-7,9,11H2,1-4H3. The molecule has 1 aromatic heterocycles. The van der Waals surface area contributed by atoms with Crippen molar-refractivity contribution in [1.29, 1.82) is 0 Å². The molecule has 6 nitrogen and oxygen atoms in total. The zero-order valence-corrected chi connectivity index (χ0v) is 14.2. The smallest absolute Gasteiger partial charge is 0.242 e. The number of nitrogens with one attached hydrogen (secondary N) is 2. The van der Waals surface area contributed by atoms with E-state index in [-0.39, 0.29) is 6.54 Å². The lowest BCUT2D eigenvalue weighted by atomic mass is 10.2. The van der Waals surface area contributed by atoms with Crippen molar-refractivity contribution in [2.45, 2.75) is 32.2 Å². The van der Waals surface area contributed by atoms with Crippen LogP contribution < -0.4 is 10.0 Å². The second kappa shape index (κ2) is 8.53. The van der Waals surface area contributed by atoms with Gasteiger partial charge in [-0.1, -0.05) is 20.8 Å². The Bertz CT molecular complexity index is 524. The highest BCUT2D eigenvalue weighted by molar-refractivity contribution is 7.89.